The van der Waals surface area contributed by atoms with Gasteiger partial charge in [-0.15, -0.1) is 11.6 Å². The molecule has 0 aliphatic carbocycles. The fourth-order valence-electron chi connectivity index (χ4n) is 3.35. The molecule has 1 unspecified atom stereocenters. The number of nitrogens with zero attached hydrogens (tertiary/aromatic N) is 1. The Morgan fingerprint density at radius 3 is 2.10 bits per heavy atom. The van der Waals surface area contributed by atoms with E-state index in [2.05, 4.69) is 10.5 Å². The summed E-state index contributed by atoms with van der Waals surface area (Å²) >= 11 is 6.76. The van der Waals surface area contributed by atoms with E-state index in [1.54, 1.807) is 0 Å². The first kappa shape index (κ1) is 21.3. The lowest BCUT2D eigenvalue weighted by molar-refractivity contribution is -0.134. The number of alkyl halides is 1. The summed E-state index contributed by atoms with van der Waals surface area (Å²) in [5, 5.41) is 5.93. The third-order valence-electron chi connectivity index (χ3n) is 5.01. The number of rotatable bonds is 7. The maximum absolute atomic E-state index is 13.5. The minimum Gasteiger partial charge on any atom is -0.363 e. The zero-order valence-corrected chi connectivity index (χ0v) is 18.2. The van der Waals surface area contributed by atoms with Crippen LogP contribution in [0.1, 0.15) is 16.7 Å². The van der Waals surface area contributed by atoms with E-state index in [0.717, 1.165) is 16.7 Å². The average molecular weight is 453 g/mol. The minimum atomic E-state index is -1.84. The van der Waals surface area contributed by atoms with Crippen LogP contribution in [0.2, 0.25) is 0 Å². The highest BCUT2D eigenvalue weighted by molar-refractivity contribution is 7.86. The Bertz CT molecular complexity index is 1090. The first-order valence-corrected chi connectivity index (χ1v) is 11.6. The normalized spacial score (nSPS) is 21.1. The van der Waals surface area contributed by atoms with Crippen LogP contribution in [0.3, 0.4) is 0 Å². The van der Waals surface area contributed by atoms with Gasteiger partial charge < -0.3 is 10.2 Å². The van der Waals surface area contributed by atoms with Gasteiger partial charge in [0.15, 0.2) is 0 Å². The van der Waals surface area contributed by atoms with Crippen LogP contribution in [0.15, 0.2) is 96.2 Å². The Morgan fingerprint density at radius 2 is 1.48 bits per heavy atom. The number of carbonyl (C=O) groups is 1. The number of hydrogen-bond donors (Lipinski definition) is 1. The number of halogens is 1. The Morgan fingerprint density at radius 1 is 0.935 bits per heavy atom. The van der Waals surface area contributed by atoms with Crippen LogP contribution in [-0.2, 0) is 32.7 Å². The quantitative estimate of drug-likeness (QED) is 0.551. The van der Waals surface area contributed by atoms with Gasteiger partial charge in [0.25, 0.3) is 5.91 Å². The lowest BCUT2D eigenvalue weighted by Gasteiger charge is -2.28. The molecule has 7 heteroatoms. The molecule has 1 amide bonds. The summed E-state index contributed by atoms with van der Waals surface area (Å²) in [5.41, 5.74) is 2.83. The molecule has 5 nitrogen and oxygen atoms in total. The monoisotopic (exact) mass is 452 g/mol. The number of benzene rings is 3. The molecule has 4 rings (SSSR count). The second-order valence-corrected chi connectivity index (χ2v) is 9.13. The van der Waals surface area contributed by atoms with Gasteiger partial charge in [-0.05, 0) is 11.1 Å². The van der Waals surface area contributed by atoms with E-state index in [4.69, 9.17) is 16.4 Å². The van der Waals surface area contributed by atoms with E-state index in [1.165, 1.54) is 0 Å². The molecule has 0 radical (unpaired) electrons. The lowest BCUT2D eigenvalue weighted by Crippen LogP contribution is -2.56. The van der Waals surface area contributed by atoms with E-state index in [-0.39, 0.29) is 12.3 Å². The van der Waals surface area contributed by atoms with Gasteiger partial charge in [0, 0.05) is 12.1 Å². The van der Waals surface area contributed by atoms with Gasteiger partial charge in [0.2, 0.25) is 0 Å². The van der Waals surface area contributed by atoms with Crippen molar-refractivity contribution in [3.8, 4) is 0 Å². The largest absolute Gasteiger partial charge is 0.363 e. The summed E-state index contributed by atoms with van der Waals surface area (Å²) in [7, 11) is -1.80. The summed E-state index contributed by atoms with van der Waals surface area (Å²) in [6, 6.07) is 28.0. The summed E-state index contributed by atoms with van der Waals surface area (Å²) in [5.74, 6) is -0.444. The molecule has 0 saturated carbocycles. The molecule has 0 bridgehead atoms. The van der Waals surface area contributed by atoms with E-state index in [9.17, 15) is 9.00 Å². The van der Waals surface area contributed by atoms with Gasteiger partial charge in [-0.2, -0.15) is 0 Å². The van der Waals surface area contributed by atoms with Crippen LogP contribution in [0.4, 0.5) is 0 Å². The highest BCUT2D eigenvalue weighted by Gasteiger charge is 2.59. The first-order chi connectivity index (χ1) is 15.1. The third-order valence-corrected chi connectivity index (χ3v) is 7.43. The zero-order valence-electron chi connectivity index (χ0n) is 16.6. The second-order valence-electron chi connectivity index (χ2n) is 7.11. The molecule has 0 spiro atoms. The fraction of sp³-hybridized carbons (Fsp3) is 0.167. The van der Waals surface area contributed by atoms with Crippen molar-refractivity contribution in [2.45, 2.75) is 22.6 Å². The maximum atomic E-state index is 13.5. The van der Waals surface area contributed by atoms with Gasteiger partial charge in [0.1, 0.15) is 11.1 Å². The van der Waals surface area contributed by atoms with Crippen molar-refractivity contribution in [2.75, 3.05) is 0 Å². The van der Waals surface area contributed by atoms with Gasteiger partial charge >= 0.3 is 4.93 Å². The Hall–Kier alpha value is -2.96. The summed E-state index contributed by atoms with van der Waals surface area (Å²) < 4.78 is 13.5. The van der Waals surface area contributed by atoms with Crippen LogP contribution in [0.25, 0.3) is 0 Å². The summed E-state index contributed by atoms with van der Waals surface area (Å²) in [6.45, 7) is 0.262. The number of amides is 1. The topological polar surface area (TPSA) is 67.8 Å². The van der Waals surface area contributed by atoms with Gasteiger partial charge in [0.05, 0.1) is 16.6 Å². The van der Waals surface area contributed by atoms with E-state index in [0.29, 0.717) is 5.71 Å². The smallest absolute Gasteiger partial charge is 0.309 e. The van der Waals surface area contributed by atoms with E-state index >= 15 is 0 Å². The molecular formula is C24H21ClN2O3S. The Labute approximate surface area is 188 Å². The predicted octanol–water partition coefficient (Wildman–Crippen LogP) is 3.99. The van der Waals surface area contributed by atoms with Crippen molar-refractivity contribution in [1.82, 2.24) is 5.32 Å². The fourth-order valence-corrected chi connectivity index (χ4v) is 5.40. The molecule has 1 aliphatic heterocycles. The highest BCUT2D eigenvalue weighted by Crippen LogP contribution is 2.36. The third kappa shape index (κ3) is 4.40. The number of oxime groups is 1. The first-order valence-electron chi connectivity index (χ1n) is 9.81. The molecule has 1 aliphatic rings. The molecule has 0 saturated heterocycles. The Kier molecular flexibility index (Phi) is 6.49. The standard InChI is InChI=1S/C24H21ClN2O3S/c25-22-21(20-14-8-3-9-15-20)27-30-24(22,31(29)17-19-12-6-2-7-13-19)23(28)26-16-18-10-4-1-5-11-18/h1-15,22H,16-17H2,(H,26,28)/t22-,24+,31?/m0/s1. The zero-order chi connectivity index (χ0) is 21.7. The van der Waals surface area contributed by atoms with Crippen LogP contribution >= 0.6 is 11.6 Å². The second kappa shape index (κ2) is 9.45. The molecule has 3 aromatic rings. The van der Waals surface area contributed by atoms with Crippen molar-refractivity contribution < 1.29 is 13.8 Å². The molecular weight excluding hydrogens is 432 g/mol. The molecule has 3 aromatic carbocycles. The molecule has 1 N–H and O–H groups in total. The number of hydrogen-bond acceptors (Lipinski definition) is 4. The molecule has 3 atom stereocenters. The lowest BCUT2D eigenvalue weighted by atomic mass is 10.0. The SMILES string of the molecule is O=C(NCc1ccccc1)[C@@]1(S(=O)Cc2ccccc2)ON=C(c2ccccc2)[C@@H]1Cl. The van der Waals surface area contributed by atoms with Crippen molar-refractivity contribution in [3.05, 3.63) is 108 Å². The number of carbonyl (C=O) groups excluding carboxylic acids is 1. The van der Waals surface area contributed by atoms with Crippen molar-refractivity contribution >= 4 is 34.0 Å². The highest BCUT2D eigenvalue weighted by atomic mass is 35.5. The Balaban J connectivity index is 1.62. The summed E-state index contributed by atoms with van der Waals surface area (Å²) in [6.07, 6.45) is 0. The molecule has 158 valence electrons. The molecule has 0 fully saturated rings. The van der Waals surface area contributed by atoms with Crippen molar-refractivity contribution in [3.63, 3.8) is 0 Å². The van der Waals surface area contributed by atoms with Crippen LogP contribution < -0.4 is 5.32 Å². The van der Waals surface area contributed by atoms with Gasteiger partial charge in [-0.25, -0.2) is 0 Å². The van der Waals surface area contributed by atoms with Gasteiger partial charge in [-0.1, -0.05) is 96.2 Å². The van der Waals surface area contributed by atoms with E-state index < -0.39 is 27.0 Å². The van der Waals surface area contributed by atoms with Crippen LogP contribution in [0.5, 0.6) is 0 Å². The predicted molar refractivity (Wildman–Crippen MR) is 123 cm³/mol. The van der Waals surface area contributed by atoms with Crippen molar-refractivity contribution in [1.29, 1.82) is 0 Å². The molecule has 0 aromatic heterocycles. The molecule has 31 heavy (non-hydrogen) atoms. The van der Waals surface area contributed by atoms with Crippen LogP contribution in [-0.4, -0.2) is 26.1 Å². The molecule has 1 heterocycles. The van der Waals surface area contributed by atoms with Crippen molar-refractivity contribution in [2.24, 2.45) is 5.16 Å². The number of nitrogens with one attached hydrogen (secondary N) is 1. The average Bonchev–Trinajstić information content (AvgIpc) is 3.17. The van der Waals surface area contributed by atoms with Crippen LogP contribution in [0, 0.1) is 0 Å². The maximum Gasteiger partial charge on any atom is 0.309 e. The van der Waals surface area contributed by atoms with Gasteiger partial charge in [-0.3, -0.25) is 9.00 Å². The summed E-state index contributed by atoms with van der Waals surface area (Å²) in [4.78, 5) is 17.2. The van der Waals surface area contributed by atoms with E-state index in [1.807, 2.05) is 91.0 Å². The minimum absolute atomic E-state index is 0.112.